The Kier molecular flexibility index (Phi) is 34.1. The number of hydrogen-bond donors (Lipinski definition) is 5. The Morgan fingerprint density at radius 2 is 0.920 bits per heavy atom. The summed E-state index contributed by atoms with van der Waals surface area (Å²) in [6.07, 6.45) is 5.00. The molecule has 0 aromatic heterocycles. The first kappa shape index (κ1) is 80.2. The molecule has 1 saturated heterocycles. The zero-order chi connectivity index (χ0) is 68.1. The van der Waals surface area contributed by atoms with Crippen LogP contribution in [0.1, 0.15) is 156 Å². The van der Waals surface area contributed by atoms with Gasteiger partial charge in [0.2, 0.25) is 65.0 Å². The van der Waals surface area contributed by atoms with E-state index >= 15 is 19.2 Å². The van der Waals surface area contributed by atoms with Crippen molar-refractivity contribution < 1.29 is 57.8 Å². The molecule has 1 fully saturated rings. The van der Waals surface area contributed by atoms with Gasteiger partial charge in [0.1, 0.15) is 60.4 Å². The van der Waals surface area contributed by atoms with E-state index in [2.05, 4.69) is 21.3 Å². The highest BCUT2D eigenvalue weighted by Gasteiger charge is 2.46. The molecule has 504 valence electrons. The molecule has 12 atom stereocenters. The van der Waals surface area contributed by atoms with Gasteiger partial charge >= 0.3 is 0 Å². The fourth-order valence-electron chi connectivity index (χ4n) is 11.1. The molecule has 1 aliphatic heterocycles. The van der Waals surface area contributed by atoms with Crippen LogP contribution in [0.3, 0.4) is 0 Å². The third-order valence-electron chi connectivity index (χ3n) is 16.4. The van der Waals surface area contributed by atoms with Crippen molar-refractivity contribution in [3.05, 3.63) is 12.2 Å². The highest BCUT2D eigenvalue weighted by atomic mass is 32.2. The summed E-state index contributed by atoms with van der Waals surface area (Å²) in [6, 6.07) is -11.9. The van der Waals surface area contributed by atoms with Crippen molar-refractivity contribution in [3.63, 3.8) is 0 Å². The molecule has 0 radical (unpaired) electrons. The second-order valence-electron chi connectivity index (χ2n) is 26.7. The van der Waals surface area contributed by atoms with Crippen LogP contribution >= 0.6 is 11.8 Å². The Labute approximate surface area is 531 Å². The maximum atomic E-state index is 15.5. The molecule has 1 aliphatic rings. The molecular weight excluding hydrogens is 1150 g/mol. The third-order valence-corrected chi connectivity index (χ3v) is 18.0. The maximum Gasteiger partial charge on any atom is 0.246 e. The van der Waals surface area contributed by atoms with Crippen molar-refractivity contribution in [1.82, 2.24) is 55.6 Å². The number of allylic oxidation sites excluding steroid dienone is 2. The number of rotatable bonds is 18. The average Bonchev–Trinajstić information content (AvgIpc) is 2.03. The average molecular weight is 1260 g/mol. The van der Waals surface area contributed by atoms with Gasteiger partial charge in [-0.3, -0.25) is 52.7 Å². The fourth-order valence-corrected chi connectivity index (χ4v) is 12.4. The van der Waals surface area contributed by atoms with Gasteiger partial charge in [-0.25, -0.2) is 0 Å². The summed E-state index contributed by atoms with van der Waals surface area (Å²) in [4.78, 5) is 170. The fraction of sp³-hybridized carbons (Fsp3) is 0.797. The summed E-state index contributed by atoms with van der Waals surface area (Å²) in [7, 11) is 10.2. The van der Waals surface area contributed by atoms with Gasteiger partial charge in [-0.05, 0) is 101 Å². The van der Waals surface area contributed by atoms with Crippen LogP contribution in [0.25, 0.3) is 0 Å². The molecule has 0 unspecified atom stereocenters. The van der Waals surface area contributed by atoms with Gasteiger partial charge < -0.3 is 60.7 Å². The monoisotopic (exact) mass is 1260 g/mol. The van der Waals surface area contributed by atoms with Gasteiger partial charge in [0.15, 0.2) is 0 Å². The standard InChI is InChI=1S/C64H115N11O12S/c1-25-27-28-42(15)54(88-30-29-76)53-58(81)67-45(26-2)60(83)69(18)35-50(77)70(19)46(31-36(3)4)57(80)68-51(40(11)12)63(86)71(20)47(32-37(5)6)56(79)65-43(16)55(78)66-44(17)59(82)72(21)48(33-38(7)8)61(84)73(22)49(34-39(9)10)62(85)74(23)52(41(13)14)64(87)75(53)24/h25,27,36-49,51-54,76H,26,28-35H2,1-24H3,(H,65,79)(H,66,78)(H,67,81)(H,68,80)/b27-25+/t42-,43+,44-,45+,46+,47+,48+,49+,51+,52+,53+,54-/m1/s1. The molecule has 0 saturated carbocycles. The molecule has 0 aromatic carbocycles. The van der Waals surface area contributed by atoms with Crippen LogP contribution in [-0.4, -0.2) is 238 Å². The molecule has 0 spiro atoms. The number of amides is 11. The molecule has 0 aromatic rings. The number of nitrogens with one attached hydrogen (secondary N) is 4. The largest absolute Gasteiger partial charge is 0.396 e. The van der Waals surface area contributed by atoms with Gasteiger partial charge in [0.25, 0.3) is 0 Å². The van der Waals surface area contributed by atoms with Crippen LogP contribution in [0.5, 0.6) is 0 Å². The van der Waals surface area contributed by atoms with E-state index in [0.717, 1.165) is 4.90 Å². The predicted octanol–water partition coefficient (Wildman–Crippen LogP) is 4.00. The lowest BCUT2D eigenvalue weighted by Gasteiger charge is -2.42. The summed E-state index contributed by atoms with van der Waals surface area (Å²) in [5.74, 6) is -8.71. The Hall–Kier alpha value is -5.78. The summed E-state index contributed by atoms with van der Waals surface area (Å²) in [6.45, 7) is 29.6. The smallest absolute Gasteiger partial charge is 0.246 e. The van der Waals surface area contributed by atoms with Crippen molar-refractivity contribution in [1.29, 1.82) is 0 Å². The van der Waals surface area contributed by atoms with E-state index in [0.29, 0.717) is 6.42 Å². The van der Waals surface area contributed by atoms with Gasteiger partial charge in [0, 0.05) is 60.3 Å². The number of aliphatic hydroxyl groups is 1. The first-order valence-corrected chi connectivity index (χ1v) is 32.7. The quantitative estimate of drug-likeness (QED) is 0.122. The number of carbonyl (C=O) groups excluding carboxylic acids is 11. The van der Waals surface area contributed by atoms with Crippen LogP contribution in [0.15, 0.2) is 12.2 Å². The second kappa shape index (κ2) is 37.4. The summed E-state index contributed by atoms with van der Waals surface area (Å²) < 4.78 is 0. The first-order valence-electron chi connectivity index (χ1n) is 31.6. The Balaban J connectivity index is 4.42. The Morgan fingerprint density at radius 1 is 0.489 bits per heavy atom. The second-order valence-corrected chi connectivity index (χ2v) is 27.9. The van der Waals surface area contributed by atoms with Gasteiger partial charge in [-0.1, -0.05) is 109 Å². The molecule has 5 N–H and O–H groups in total. The lowest BCUT2D eigenvalue weighted by atomic mass is 9.93. The number of hydrogen-bond acceptors (Lipinski definition) is 13. The molecule has 1 heterocycles. The predicted molar refractivity (Wildman–Crippen MR) is 346 cm³/mol. The first-order chi connectivity index (χ1) is 40.7. The van der Waals surface area contributed by atoms with Crippen molar-refractivity contribution in [2.24, 2.45) is 41.4 Å². The normalized spacial score (nSPS) is 26.4. The minimum Gasteiger partial charge on any atom is -0.396 e. The Bertz CT molecular complexity index is 2390. The minimum atomic E-state index is -1.29. The molecule has 88 heavy (non-hydrogen) atoms. The lowest BCUT2D eigenvalue weighted by Crippen LogP contribution is -2.63. The van der Waals surface area contributed by atoms with Crippen molar-refractivity contribution in [3.8, 4) is 0 Å². The van der Waals surface area contributed by atoms with E-state index in [4.69, 9.17) is 0 Å². The zero-order valence-corrected chi connectivity index (χ0v) is 58.7. The molecule has 11 amide bonds. The van der Waals surface area contributed by atoms with Crippen molar-refractivity contribution in [2.75, 3.05) is 68.2 Å². The van der Waals surface area contributed by atoms with Gasteiger partial charge in [-0.2, -0.15) is 11.8 Å². The summed E-state index contributed by atoms with van der Waals surface area (Å²) in [5.41, 5.74) is 0. The van der Waals surface area contributed by atoms with Crippen molar-refractivity contribution >= 4 is 76.7 Å². The van der Waals surface area contributed by atoms with E-state index < -0.39 is 149 Å². The van der Waals surface area contributed by atoms with Crippen LogP contribution < -0.4 is 21.3 Å². The van der Waals surface area contributed by atoms with Crippen LogP contribution in [0.2, 0.25) is 0 Å². The summed E-state index contributed by atoms with van der Waals surface area (Å²) >= 11 is 1.29. The van der Waals surface area contributed by atoms with E-state index in [-0.39, 0.29) is 74.1 Å². The van der Waals surface area contributed by atoms with Crippen LogP contribution in [-0.2, 0) is 52.7 Å². The minimum absolute atomic E-state index is 0.0629. The van der Waals surface area contributed by atoms with Gasteiger partial charge in [-0.15, -0.1) is 0 Å². The maximum absolute atomic E-state index is 15.5. The zero-order valence-electron chi connectivity index (χ0n) is 57.9. The highest BCUT2D eigenvalue weighted by molar-refractivity contribution is 8.00. The molecule has 0 aliphatic carbocycles. The topological polar surface area (TPSA) is 279 Å². The van der Waals surface area contributed by atoms with Crippen LogP contribution in [0.4, 0.5) is 0 Å². The number of thioether (sulfide) groups is 1. The van der Waals surface area contributed by atoms with E-state index in [9.17, 15) is 38.7 Å². The third kappa shape index (κ3) is 22.9. The van der Waals surface area contributed by atoms with E-state index in [1.807, 2.05) is 81.4 Å². The number of likely N-dealkylation sites (N-methyl/N-ethyl adjacent to an activating group) is 7. The van der Waals surface area contributed by atoms with Crippen LogP contribution in [0, 0.1) is 41.4 Å². The molecule has 24 heteroatoms. The Morgan fingerprint density at radius 3 is 1.38 bits per heavy atom. The SMILES string of the molecule is C/C=C/C[C@@H](C)[C@@H](SCCO)[C@H]1C(=O)N[C@@H](CC)C(=O)N(C)CC(=O)N(C)[C@@H](CC(C)C)C(=O)N[C@@H](C(C)C)C(=O)N(C)[C@@H](CC(C)C)C(=O)N[C@@H](C)C(=O)N[C@H](C)C(=O)N(C)[C@@H](CC(C)C)C(=O)N(C)[C@@H](CC(C)C)C(=O)N(C)[C@@H](C(C)C)C(=O)N1C. The van der Waals surface area contributed by atoms with E-state index in [1.54, 1.807) is 34.6 Å². The van der Waals surface area contributed by atoms with E-state index in [1.165, 1.54) is 104 Å². The molecule has 1 rings (SSSR count). The number of nitrogens with zero attached hydrogens (tertiary/aromatic N) is 7. The number of aliphatic hydroxyl groups excluding tert-OH is 1. The van der Waals surface area contributed by atoms with Crippen molar-refractivity contribution in [2.45, 2.75) is 222 Å². The lowest BCUT2D eigenvalue weighted by molar-refractivity contribution is -0.156. The molecule has 0 bridgehead atoms. The molecular formula is C64H115N11O12S. The number of carbonyl (C=O) groups is 11. The highest BCUT2D eigenvalue weighted by Crippen LogP contribution is 2.31. The molecule has 23 nitrogen and oxygen atoms in total. The van der Waals surface area contributed by atoms with Gasteiger partial charge in [0.05, 0.1) is 13.2 Å². The summed E-state index contributed by atoms with van der Waals surface area (Å²) in [5, 5.41) is 20.7.